The predicted molar refractivity (Wildman–Crippen MR) is 75.3 cm³/mol. The predicted octanol–water partition coefficient (Wildman–Crippen LogP) is 1.16. The van der Waals surface area contributed by atoms with Gasteiger partial charge in [-0.2, -0.15) is 0 Å². The van der Waals surface area contributed by atoms with Crippen molar-refractivity contribution in [1.29, 1.82) is 0 Å². The van der Waals surface area contributed by atoms with Gasteiger partial charge >= 0.3 is 0 Å². The molecular weight excluding hydrogens is 272 g/mol. The highest BCUT2D eigenvalue weighted by atomic mass is 16.7. The van der Waals surface area contributed by atoms with Crippen molar-refractivity contribution in [2.75, 3.05) is 19.9 Å². The molecule has 1 aromatic carbocycles. The average Bonchev–Trinajstić information content (AvgIpc) is 3.07. The lowest BCUT2D eigenvalue weighted by Gasteiger charge is -2.21. The maximum absolute atomic E-state index is 12.2. The lowest BCUT2D eigenvalue weighted by Crippen LogP contribution is -2.42. The van der Waals surface area contributed by atoms with Crippen LogP contribution in [0.5, 0.6) is 11.5 Å². The zero-order valence-corrected chi connectivity index (χ0v) is 11.9. The van der Waals surface area contributed by atoms with Crippen molar-refractivity contribution in [2.45, 2.75) is 25.8 Å². The van der Waals surface area contributed by atoms with E-state index in [4.69, 9.17) is 9.47 Å². The van der Waals surface area contributed by atoms with Crippen LogP contribution in [0.25, 0.3) is 0 Å². The first-order valence-electron chi connectivity index (χ1n) is 7.12. The fraction of sp³-hybridized carbons (Fsp3) is 0.467. The SMILES string of the molecule is C[C@H](CN1CCCC1=O)NC(=O)c1ccc2c(c1)OCO2. The molecule has 1 fully saturated rings. The molecule has 0 spiro atoms. The van der Waals surface area contributed by atoms with Crippen molar-refractivity contribution in [3.63, 3.8) is 0 Å². The van der Waals surface area contributed by atoms with Crippen LogP contribution in [-0.2, 0) is 4.79 Å². The number of hydrogen-bond donors (Lipinski definition) is 1. The van der Waals surface area contributed by atoms with E-state index in [0.29, 0.717) is 30.0 Å². The summed E-state index contributed by atoms with van der Waals surface area (Å²) in [5, 5.41) is 2.91. The summed E-state index contributed by atoms with van der Waals surface area (Å²) in [6.45, 7) is 3.42. The van der Waals surface area contributed by atoms with Crippen LogP contribution in [0.2, 0.25) is 0 Å². The monoisotopic (exact) mass is 290 g/mol. The highest BCUT2D eigenvalue weighted by Crippen LogP contribution is 2.32. The summed E-state index contributed by atoms with van der Waals surface area (Å²) in [6, 6.07) is 5.01. The van der Waals surface area contributed by atoms with Gasteiger partial charge < -0.3 is 19.7 Å². The zero-order valence-electron chi connectivity index (χ0n) is 11.9. The number of likely N-dealkylation sites (tertiary alicyclic amines) is 1. The standard InChI is InChI=1S/C15H18N2O4/c1-10(8-17-6-2-3-14(17)18)16-15(19)11-4-5-12-13(7-11)21-9-20-12/h4-5,7,10H,2-3,6,8-9H2,1H3,(H,16,19)/t10-/m1/s1. The normalized spacial score (nSPS) is 18.0. The minimum absolute atomic E-state index is 0.0926. The molecule has 2 aliphatic heterocycles. The Balaban J connectivity index is 1.59. The number of benzene rings is 1. The van der Waals surface area contributed by atoms with Crippen molar-refractivity contribution in [3.8, 4) is 11.5 Å². The fourth-order valence-electron chi connectivity index (χ4n) is 2.62. The highest BCUT2D eigenvalue weighted by molar-refractivity contribution is 5.95. The van der Waals surface area contributed by atoms with Gasteiger partial charge in [0.1, 0.15) is 0 Å². The molecule has 6 nitrogen and oxygen atoms in total. The Bertz CT molecular complexity index is 573. The van der Waals surface area contributed by atoms with Crippen LogP contribution in [0, 0.1) is 0 Å². The molecule has 0 aromatic heterocycles. The second kappa shape index (κ2) is 5.63. The van der Waals surface area contributed by atoms with Crippen LogP contribution < -0.4 is 14.8 Å². The number of ether oxygens (including phenoxy) is 2. The third-order valence-electron chi connectivity index (χ3n) is 3.68. The van der Waals surface area contributed by atoms with Crippen LogP contribution in [0.4, 0.5) is 0 Å². The van der Waals surface area contributed by atoms with Gasteiger partial charge in [0, 0.05) is 31.1 Å². The summed E-state index contributed by atoms with van der Waals surface area (Å²) in [5.41, 5.74) is 0.527. The highest BCUT2D eigenvalue weighted by Gasteiger charge is 2.23. The van der Waals surface area contributed by atoms with E-state index >= 15 is 0 Å². The van der Waals surface area contributed by atoms with Gasteiger partial charge in [0.25, 0.3) is 5.91 Å². The summed E-state index contributed by atoms with van der Waals surface area (Å²) in [6.07, 6.45) is 1.52. The Morgan fingerprint density at radius 1 is 1.38 bits per heavy atom. The van der Waals surface area contributed by atoms with Gasteiger partial charge in [0.2, 0.25) is 12.7 Å². The largest absolute Gasteiger partial charge is 0.454 e. The Morgan fingerprint density at radius 3 is 2.95 bits per heavy atom. The average molecular weight is 290 g/mol. The van der Waals surface area contributed by atoms with Gasteiger partial charge in [-0.05, 0) is 31.5 Å². The maximum Gasteiger partial charge on any atom is 0.251 e. The minimum atomic E-state index is -0.174. The molecule has 112 valence electrons. The van der Waals surface area contributed by atoms with Crippen molar-refractivity contribution >= 4 is 11.8 Å². The van der Waals surface area contributed by atoms with Gasteiger partial charge in [0.15, 0.2) is 11.5 Å². The molecule has 21 heavy (non-hydrogen) atoms. The lowest BCUT2D eigenvalue weighted by atomic mass is 10.1. The number of fused-ring (bicyclic) bond motifs is 1. The molecular formula is C15H18N2O4. The molecule has 2 amide bonds. The first kappa shape index (κ1) is 13.7. The van der Waals surface area contributed by atoms with E-state index in [1.165, 1.54) is 0 Å². The molecule has 1 saturated heterocycles. The number of nitrogens with one attached hydrogen (secondary N) is 1. The number of rotatable bonds is 4. The van der Waals surface area contributed by atoms with Crippen LogP contribution in [0.3, 0.4) is 0 Å². The second-order valence-electron chi connectivity index (χ2n) is 5.39. The molecule has 0 saturated carbocycles. The second-order valence-corrected chi connectivity index (χ2v) is 5.39. The third kappa shape index (κ3) is 2.94. The first-order valence-corrected chi connectivity index (χ1v) is 7.12. The summed E-state index contributed by atoms with van der Waals surface area (Å²) in [4.78, 5) is 25.6. The molecule has 2 heterocycles. The van der Waals surface area contributed by atoms with Crippen LogP contribution in [0.1, 0.15) is 30.1 Å². The number of carbonyl (C=O) groups is 2. The van der Waals surface area contributed by atoms with E-state index in [0.717, 1.165) is 13.0 Å². The molecule has 0 radical (unpaired) electrons. The van der Waals surface area contributed by atoms with Gasteiger partial charge in [-0.25, -0.2) is 0 Å². The molecule has 1 aromatic rings. The molecule has 2 aliphatic rings. The zero-order chi connectivity index (χ0) is 14.8. The van der Waals surface area contributed by atoms with E-state index in [1.54, 1.807) is 23.1 Å². The topological polar surface area (TPSA) is 67.9 Å². The summed E-state index contributed by atoms with van der Waals surface area (Å²) >= 11 is 0. The Labute approximate surface area is 123 Å². The molecule has 0 bridgehead atoms. The lowest BCUT2D eigenvalue weighted by molar-refractivity contribution is -0.127. The molecule has 1 atom stereocenters. The number of carbonyl (C=O) groups excluding carboxylic acids is 2. The number of amides is 2. The Kier molecular flexibility index (Phi) is 3.68. The number of hydrogen-bond acceptors (Lipinski definition) is 4. The fourth-order valence-corrected chi connectivity index (χ4v) is 2.62. The van der Waals surface area contributed by atoms with Crippen LogP contribution in [0.15, 0.2) is 18.2 Å². The third-order valence-corrected chi connectivity index (χ3v) is 3.68. The van der Waals surface area contributed by atoms with Crippen molar-refractivity contribution in [2.24, 2.45) is 0 Å². The van der Waals surface area contributed by atoms with E-state index in [2.05, 4.69) is 5.32 Å². The van der Waals surface area contributed by atoms with Crippen molar-refractivity contribution in [1.82, 2.24) is 10.2 Å². The van der Waals surface area contributed by atoms with E-state index in [1.807, 2.05) is 6.92 Å². The molecule has 3 rings (SSSR count). The van der Waals surface area contributed by atoms with E-state index in [9.17, 15) is 9.59 Å². The van der Waals surface area contributed by atoms with Gasteiger partial charge in [-0.3, -0.25) is 9.59 Å². The first-order chi connectivity index (χ1) is 10.1. The summed E-state index contributed by atoms with van der Waals surface area (Å²) in [5.74, 6) is 1.24. The molecule has 6 heteroatoms. The molecule has 0 aliphatic carbocycles. The summed E-state index contributed by atoms with van der Waals surface area (Å²) in [7, 11) is 0. The smallest absolute Gasteiger partial charge is 0.251 e. The quantitative estimate of drug-likeness (QED) is 0.903. The van der Waals surface area contributed by atoms with Gasteiger partial charge in [-0.1, -0.05) is 0 Å². The minimum Gasteiger partial charge on any atom is -0.454 e. The van der Waals surface area contributed by atoms with Crippen molar-refractivity contribution < 1.29 is 19.1 Å². The Morgan fingerprint density at radius 2 is 2.19 bits per heavy atom. The Hall–Kier alpha value is -2.24. The molecule has 0 unspecified atom stereocenters. The number of nitrogens with zero attached hydrogens (tertiary/aromatic N) is 1. The van der Waals surface area contributed by atoms with E-state index < -0.39 is 0 Å². The van der Waals surface area contributed by atoms with E-state index in [-0.39, 0.29) is 24.6 Å². The van der Waals surface area contributed by atoms with Crippen molar-refractivity contribution in [3.05, 3.63) is 23.8 Å². The molecule has 1 N–H and O–H groups in total. The summed E-state index contributed by atoms with van der Waals surface area (Å²) < 4.78 is 10.5. The maximum atomic E-state index is 12.2. The van der Waals surface area contributed by atoms with Crippen LogP contribution >= 0.6 is 0 Å². The van der Waals surface area contributed by atoms with Crippen LogP contribution in [-0.4, -0.2) is 42.6 Å². The van der Waals surface area contributed by atoms with Gasteiger partial charge in [-0.15, -0.1) is 0 Å². The van der Waals surface area contributed by atoms with Gasteiger partial charge in [0.05, 0.1) is 0 Å².